The average Bonchev–Trinajstić information content (AvgIpc) is 3.30. The number of carbonyl (C=O) groups excluding carboxylic acids is 1. The number of urea groups is 1. The number of thiol groups is 1. The number of hydrogen-bond donors (Lipinski definition) is 3. The number of nitrogens with one attached hydrogen (secondary N) is 2. The summed E-state index contributed by atoms with van der Waals surface area (Å²) in [5, 5.41) is 10.6. The van der Waals surface area contributed by atoms with Gasteiger partial charge in [0.2, 0.25) is 0 Å². The van der Waals surface area contributed by atoms with Gasteiger partial charge in [0.1, 0.15) is 6.33 Å². The van der Waals surface area contributed by atoms with Crippen molar-refractivity contribution in [3.8, 4) is 17.1 Å². The summed E-state index contributed by atoms with van der Waals surface area (Å²) in [5.74, 6) is 0.928. The summed E-state index contributed by atoms with van der Waals surface area (Å²) < 4.78 is 1.73. The van der Waals surface area contributed by atoms with Gasteiger partial charge in [0.15, 0.2) is 11.0 Å². The Labute approximate surface area is 204 Å². The third-order valence-corrected chi connectivity index (χ3v) is 5.43. The number of hydrogen-bond acceptors (Lipinski definition) is 3. The van der Waals surface area contributed by atoms with Gasteiger partial charge in [0.05, 0.1) is 5.69 Å². The fourth-order valence-electron chi connectivity index (χ4n) is 3.43. The minimum absolute atomic E-state index is 0.216. The minimum atomic E-state index is -0.519. The van der Waals surface area contributed by atoms with Crippen LogP contribution in [0, 0.1) is 6.92 Å². The molecule has 0 saturated carbocycles. The van der Waals surface area contributed by atoms with E-state index in [0.29, 0.717) is 17.4 Å². The molecule has 1 heterocycles. The van der Waals surface area contributed by atoms with Crippen LogP contribution in [0.25, 0.3) is 17.1 Å². The quantitative estimate of drug-likeness (QED) is 0.182. The van der Waals surface area contributed by atoms with Crippen LogP contribution in [-0.4, -0.2) is 26.0 Å². The number of aromatic nitrogens is 3. The third-order valence-electron chi connectivity index (χ3n) is 5.22. The highest BCUT2D eigenvalue weighted by Gasteiger charge is 2.09. The van der Waals surface area contributed by atoms with Crippen LogP contribution in [0.4, 0.5) is 16.2 Å². The van der Waals surface area contributed by atoms with Crippen LogP contribution in [0.1, 0.15) is 30.9 Å². The second-order valence-corrected chi connectivity index (χ2v) is 8.58. The van der Waals surface area contributed by atoms with Crippen molar-refractivity contribution >= 4 is 35.2 Å². The van der Waals surface area contributed by atoms with Crippen molar-refractivity contribution in [2.75, 3.05) is 10.6 Å². The number of aliphatic imine (C=N–C) groups is 1. The molecular formula is C26H26N6OS. The summed E-state index contributed by atoms with van der Waals surface area (Å²) in [5.41, 5.74) is 5.58. The topological polar surface area (TPSA) is 84.2 Å². The summed E-state index contributed by atoms with van der Waals surface area (Å²) in [7, 11) is 0. The maximum Gasteiger partial charge on any atom is 0.347 e. The van der Waals surface area contributed by atoms with Crippen molar-refractivity contribution in [3.63, 3.8) is 0 Å². The van der Waals surface area contributed by atoms with Gasteiger partial charge in [-0.15, -0.1) is 17.7 Å². The SMILES string of the molecule is Cc1ccc(-n2cnc(-c3ccc(NC(=O)/N=C(\S)Nc4ccccc4C(C)C)cc3)n2)cc1. The Hall–Kier alpha value is -3.91. The number of amidine groups is 1. The van der Waals surface area contributed by atoms with E-state index in [1.807, 2.05) is 67.6 Å². The van der Waals surface area contributed by atoms with Gasteiger partial charge in [-0.05, 0) is 60.9 Å². The van der Waals surface area contributed by atoms with E-state index in [9.17, 15) is 4.79 Å². The first kappa shape index (κ1) is 23.3. The molecule has 0 aliphatic heterocycles. The summed E-state index contributed by atoms with van der Waals surface area (Å²) >= 11 is 4.32. The Bertz CT molecular complexity index is 1310. The molecule has 4 aromatic rings. The van der Waals surface area contributed by atoms with Gasteiger partial charge in [0, 0.05) is 16.9 Å². The predicted molar refractivity (Wildman–Crippen MR) is 141 cm³/mol. The lowest BCUT2D eigenvalue weighted by molar-refractivity contribution is 0.259. The molecule has 34 heavy (non-hydrogen) atoms. The number of benzene rings is 3. The number of carbonyl (C=O) groups is 1. The molecule has 0 unspecified atom stereocenters. The number of amides is 2. The third kappa shape index (κ3) is 5.71. The molecule has 0 aliphatic carbocycles. The van der Waals surface area contributed by atoms with E-state index in [0.717, 1.165) is 22.5 Å². The fraction of sp³-hybridized carbons (Fsp3) is 0.154. The molecule has 0 radical (unpaired) electrons. The average molecular weight is 471 g/mol. The molecule has 7 nitrogen and oxygen atoms in total. The first-order valence-corrected chi connectivity index (χ1v) is 11.4. The Morgan fingerprint density at radius 1 is 0.971 bits per heavy atom. The molecule has 4 rings (SSSR count). The maximum atomic E-state index is 12.4. The summed E-state index contributed by atoms with van der Waals surface area (Å²) in [4.78, 5) is 20.7. The molecule has 0 atom stereocenters. The molecule has 1 aromatic heterocycles. The lowest BCUT2D eigenvalue weighted by Crippen LogP contribution is -2.13. The molecule has 2 amide bonds. The van der Waals surface area contributed by atoms with Gasteiger partial charge in [-0.3, -0.25) is 0 Å². The molecule has 0 saturated heterocycles. The van der Waals surface area contributed by atoms with Crippen molar-refractivity contribution in [2.24, 2.45) is 4.99 Å². The van der Waals surface area contributed by atoms with Crippen molar-refractivity contribution in [1.29, 1.82) is 0 Å². The molecular weight excluding hydrogens is 444 g/mol. The van der Waals surface area contributed by atoms with Gasteiger partial charge in [-0.25, -0.2) is 14.5 Å². The predicted octanol–water partition coefficient (Wildman–Crippen LogP) is 6.30. The largest absolute Gasteiger partial charge is 0.347 e. The minimum Gasteiger partial charge on any atom is -0.335 e. The highest BCUT2D eigenvalue weighted by atomic mass is 32.1. The van der Waals surface area contributed by atoms with Crippen LogP contribution in [-0.2, 0) is 0 Å². The zero-order valence-corrected chi connectivity index (χ0v) is 20.1. The molecule has 8 heteroatoms. The van der Waals surface area contributed by atoms with Crippen molar-refractivity contribution in [1.82, 2.24) is 14.8 Å². The molecule has 172 valence electrons. The van der Waals surface area contributed by atoms with E-state index in [-0.39, 0.29) is 5.17 Å². The van der Waals surface area contributed by atoms with Crippen LogP contribution in [0.5, 0.6) is 0 Å². The zero-order chi connectivity index (χ0) is 24.1. The number of aryl methyl sites for hydroxylation is 1. The number of anilines is 2. The molecule has 2 N–H and O–H groups in total. The summed E-state index contributed by atoms with van der Waals surface area (Å²) in [6.07, 6.45) is 1.68. The Morgan fingerprint density at radius 3 is 2.38 bits per heavy atom. The molecule has 0 bridgehead atoms. The van der Waals surface area contributed by atoms with Crippen LogP contribution in [0.15, 0.2) is 84.1 Å². The van der Waals surface area contributed by atoms with Gasteiger partial charge >= 0.3 is 6.03 Å². The molecule has 0 fully saturated rings. The second-order valence-electron chi connectivity index (χ2n) is 8.16. The molecule has 0 aliphatic rings. The van der Waals surface area contributed by atoms with E-state index in [4.69, 9.17) is 0 Å². The van der Waals surface area contributed by atoms with Gasteiger partial charge < -0.3 is 10.6 Å². The van der Waals surface area contributed by atoms with Crippen molar-refractivity contribution in [3.05, 3.63) is 90.3 Å². The van der Waals surface area contributed by atoms with Crippen molar-refractivity contribution in [2.45, 2.75) is 26.7 Å². The maximum absolute atomic E-state index is 12.4. The van der Waals surface area contributed by atoms with E-state index in [1.165, 1.54) is 5.56 Å². The van der Waals surface area contributed by atoms with E-state index in [2.05, 4.69) is 52.2 Å². The normalized spacial score (nSPS) is 11.5. The number of nitrogens with zero attached hydrogens (tertiary/aromatic N) is 4. The first-order chi connectivity index (χ1) is 16.4. The van der Waals surface area contributed by atoms with Crippen LogP contribution >= 0.6 is 12.6 Å². The highest BCUT2D eigenvalue weighted by molar-refractivity contribution is 7.97. The summed E-state index contributed by atoms with van der Waals surface area (Å²) in [6, 6.07) is 22.7. The first-order valence-electron chi connectivity index (χ1n) is 10.9. The molecule has 0 spiro atoms. The Kier molecular flexibility index (Phi) is 7.08. The van der Waals surface area contributed by atoms with E-state index in [1.54, 1.807) is 23.1 Å². The van der Waals surface area contributed by atoms with Gasteiger partial charge in [0.25, 0.3) is 0 Å². The lowest BCUT2D eigenvalue weighted by Gasteiger charge is -2.13. The fourth-order valence-corrected chi connectivity index (χ4v) is 3.64. The standard InChI is InChI=1S/C26H26N6OS/c1-17(2)22-6-4-5-7-23(22)29-26(34)30-25(33)28-20-12-10-19(11-13-20)24-27-16-32(31-24)21-14-8-18(3)9-15-21/h4-17H,1-3H3,(H3,28,29,30,33,34). The Balaban J connectivity index is 1.40. The van der Waals surface area contributed by atoms with Crippen LogP contribution < -0.4 is 10.6 Å². The van der Waals surface area contributed by atoms with Crippen LogP contribution in [0.2, 0.25) is 0 Å². The highest BCUT2D eigenvalue weighted by Crippen LogP contribution is 2.24. The number of para-hydroxylation sites is 1. The van der Waals surface area contributed by atoms with E-state index < -0.39 is 6.03 Å². The van der Waals surface area contributed by atoms with E-state index >= 15 is 0 Å². The smallest absolute Gasteiger partial charge is 0.335 e. The molecule has 3 aromatic carbocycles. The second kappa shape index (κ2) is 10.4. The Morgan fingerprint density at radius 2 is 1.68 bits per heavy atom. The zero-order valence-electron chi connectivity index (χ0n) is 19.2. The monoisotopic (exact) mass is 470 g/mol. The van der Waals surface area contributed by atoms with Crippen LogP contribution in [0.3, 0.4) is 0 Å². The van der Waals surface area contributed by atoms with Gasteiger partial charge in [-0.1, -0.05) is 49.7 Å². The lowest BCUT2D eigenvalue weighted by atomic mass is 10.0. The number of rotatable bonds is 5. The summed E-state index contributed by atoms with van der Waals surface area (Å²) in [6.45, 7) is 6.26. The van der Waals surface area contributed by atoms with Gasteiger partial charge in [-0.2, -0.15) is 4.99 Å². The van der Waals surface area contributed by atoms with Crippen molar-refractivity contribution < 1.29 is 4.79 Å².